The van der Waals surface area contributed by atoms with Crippen molar-refractivity contribution in [3.63, 3.8) is 0 Å². The Labute approximate surface area is 141 Å². The van der Waals surface area contributed by atoms with E-state index in [1.165, 1.54) is 56.9 Å². The summed E-state index contributed by atoms with van der Waals surface area (Å²) in [7, 11) is 0. The van der Waals surface area contributed by atoms with Crippen molar-refractivity contribution in [2.45, 2.75) is 64.2 Å². The number of nitrogens with zero attached hydrogens (tertiary/aromatic N) is 1. The molecule has 1 nitrogen and oxygen atoms in total. The van der Waals surface area contributed by atoms with E-state index < -0.39 is 0 Å². The van der Waals surface area contributed by atoms with Crippen LogP contribution in [0.25, 0.3) is 0 Å². The molecule has 0 unspecified atom stereocenters. The summed E-state index contributed by atoms with van der Waals surface area (Å²) in [4.78, 5) is 0. The molecule has 1 aromatic rings. The van der Waals surface area contributed by atoms with E-state index in [0.29, 0.717) is 5.92 Å². The first kappa shape index (κ1) is 16.3. The first-order chi connectivity index (χ1) is 11.3. The van der Waals surface area contributed by atoms with Crippen molar-refractivity contribution in [3.05, 3.63) is 47.5 Å². The van der Waals surface area contributed by atoms with Crippen LogP contribution in [0.4, 0.5) is 0 Å². The molecule has 1 heteroatoms. The fraction of sp³-hybridized carbons (Fsp3) is 0.591. The van der Waals surface area contributed by atoms with Crippen LogP contribution in [0.5, 0.6) is 0 Å². The number of aryl methyl sites for hydroxylation is 1. The van der Waals surface area contributed by atoms with Gasteiger partial charge in [-0.05, 0) is 87.5 Å². The van der Waals surface area contributed by atoms with Gasteiger partial charge in [-0.3, -0.25) is 0 Å². The Balaban J connectivity index is 1.47. The first-order valence-electron chi connectivity index (χ1n) is 9.39. The molecular weight excluding hydrogens is 278 g/mol. The van der Waals surface area contributed by atoms with Crippen molar-refractivity contribution in [2.24, 2.45) is 17.8 Å². The summed E-state index contributed by atoms with van der Waals surface area (Å²) in [5.74, 6) is 3.36. The molecule has 0 spiro atoms. The fourth-order valence-corrected chi connectivity index (χ4v) is 4.75. The van der Waals surface area contributed by atoms with Crippen molar-refractivity contribution in [3.8, 4) is 6.07 Å². The second kappa shape index (κ2) is 7.82. The molecule has 2 aliphatic rings. The van der Waals surface area contributed by atoms with E-state index in [4.69, 9.17) is 5.26 Å². The fourth-order valence-electron chi connectivity index (χ4n) is 4.75. The van der Waals surface area contributed by atoms with Gasteiger partial charge in [0.25, 0.3) is 0 Å². The van der Waals surface area contributed by atoms with Gasteiger partial charge in [0, 0.05) is 6.08 Å². The quantitative estimate of drug-likeness (QED) is 0.614. The maximum Gasteiger partial charge on any atom is 0.0908 e. The zero-order chi connectivity index (χ0) is 16.1. The largest absolute Gasteiger partial charge is 0.193 e. The average Bonchev–Trinajstić information content (AvgIpc) is 2.61. The Morgan fingerprint density at radius 3 is 2.00 bits per heavy atom. The third-order valence-electron chi connectivity index (χ3n) is 6.25. The highest BCUT2D eigenvalue weighted by Crippen LogP contribution is 2.44. The molecule has 0 heterocycles. The van der Waals surface area contributed by atoms with Crippen molar-refractivity contribution in [1.82, 2.24) is 0 Å². The summed E-state index contributed by atoms with van der Waals surface area (Å²) in [6.07, 6.45) is 14.7. The van der Waals surface area contributed by atoms with Crippen molar-refractivity contribution >= 4 is 0 Å². The summed E-state index contributed by atoms with van der Waals surface area (Å²) in [6.45, 7) is 2.17. The van der Waals surface area contributed by atoms with Gasteiger partial charge < -0.3 is 0 Å². The van der Waals surface area contributed by atoms with Crippen LogP contribution in [-0.2, 0) is 0 Å². The molecule has 2 aliphatic carbocycles. The molecule has 122 valence electrons. The van der Waals surface area contributed by atoms with E-state index in [2.05, 4.69) is 43.3 Å². The van der Waals surface area contributed by atoms with Crippen LogP contribution in [0.15, 0.2) is 36.4 Å². The van der Waals surface area contributed by atoms with Gasteiger partial charge in [0.1, 0.15) is 0 Å². The summed E-state index contributed by atoms with van der Waals surface area (Å²) in [5.41, 5.74) is 2.92. The second-order valence-electron chi connectivity index (χ2n) is 7.69. The van der Waals surface area contributed by atoms with E-state index in [9.17, 15) is 0 Å². The smallest absolute Gasteiger partial charge is 0.0908 e. The van der Waals surface area contributed by atoms with Gasteiger partial charge in [0.2, 0.25) is 0 Å². The zero-order valence-corrected chi connectivity index (χ0v) is 14.4. The molecule has 0 bridgehead atoms. The van der Waals surface area contributed by atoms with Crippen molar-refractivity contribution in [2.75, 3.05) is 0 Å². The van der Waals surface area contributed by atoms with Gasteiger partial charge in [-0.25, -0.2) is 0 Å². The highest BCUT2D eigenvalue weighted by Gasteiger charge is 2.30. The second-order valence-corrected chi connectivity index (χ2v) is 7.69. The normalized spacial score (nSPS) is 31.8. The third-order valence-corrected chi connectivity index (χ3v) is 6.25. The van der Waals surface area contributed by atoms with Crippen LogP contribution in [0.3, 0.4) is 0 Å². The lowest BCUT2D eigenvalue weighted by Crippen LogP contribution is -2.25. The molecule has 0 aliphatic heterocycles. The Morgan fingerprint density at radius 2 is 1.43 bits per heavy atom. The Morgan fingerprint density at radius 1 is 0.870 bits per heavy atom. The molecule has 0 radical (unpaired) electrons. The number of hydrogen-bond acceptors (Lipinski definition) is 1. The summed E-state index contributed by atoms with van der Waals surface area (Å²) < 4.78 is 0. The predicted molar refractivity (Wildman–Crippen MR) is 96.1 cm³/mol. The van der Waals surface area contributed by atoms with Gasteiger partial charge >= 0.3 is 0 Å². The van der Waals surface area contributed by atoms with Gasteiger partial charge in [-0.2, -0.15) is 5.26 Å². The van der Waals surface area contributed by atoms with Crippen molar-refractivity contribution in [1.29, 1.82) is 5.26 Å². The molecule has 2 fully saturated rings. The molecule has 0 aromatic heterocycles. The van der Waals surface area contributed by atoms with Crippen LogP contribution < -0.4 is 0 Å². The molecule has 23 heavy (non-hydrogen) atoms. The van der Waals surface area contributed by atoms with E-state index in [0.717, 1.165) is 17.8 Å². The highest BCUT2D eigenvalue weighted by atomic mass is 14.4. The third kappa shape index (κ3) is 4.25. The topological polar surface area (TPSA) is 23.8 Å². The standard InChI is InChI=1S/C22H29N/c1-17-4-8-19(9-5-17)21-12-14-22(15-13-21)20-10-6-18(7-11-20)3-2-16-23/h2-5,8-9,18,20-22H,6-7,10-15H2,1H3/b3-2+/t18?,20?,21-,22-. The lowest BCUT2D eigenvalue weighted by Gasteiger charge is -2.37. The Bertz CT molecular complexity index is 547. The minimum absolute atomic E-state index is 0.662. The maximum atomic E-state index is 8.65. The monoisotopic (exact) mass is 307 g/mol. The molecular formula is C22H29N. The van der Waals surface area contributed by atoms with E-state index in [1.54, 1.807) is 11.6 Å². The lowest BCUT2D eigenvalue weighted by atomic mass is 9.68. The summed E-state index contributed by atoms with van der Waals surface area (Å²) >= 11 is 0. The SMILES string of the molecule is Cc1ccc([C@H]2CC[C@H](C3CCC(/C=C/C#N)CC3)CC2)cc1. The lowest BCUT2D eigenvalue weighted by molar-refractivity contribution is 0.171. The van der Waals surface area contributed by atoms with Crippen molar-refractivity contribution < 1.29 is 0 Å². The summed E-state index contributed by atoms with van der Waals surface area (Å²) in [6, 6.07) is 11.3. The van der Waals surface area contributed by atoms with Gasteiger partial charge in [0.05, 0.1) is 6.07 Å². The average molecular weight is 307 g/mol. The van der Waals surface area contributed by atoms with Gasteiger partial charge in [-0.15, -0.1) is 0 Å². The van der Waals surface area contributed by atoms with Crippen LogP contribution in [0, 0.1) is 36.0 Å². The Hall–Kier alpha value is -1.55. The predicted octanol–water partition coefficient (Wildman–Crippen LogP) is 6.16. The molecule has 0 amide bonds. The minimum atomic E-state index is 0.662. The molecule has 3 rings (SSSR count). The molecule has 1 aromatic carbocycles. The first-order valence-corrected chi connectivity index (χ1v) is 9.39. The molecule has 0 N–H and O–H groups in total. The zero-order valence-electron chi connectivity index (χ0n) is 14.4. The van der Waals surface area contributed by atoms with E-state index in [1.807, 2.05) is 0 Å². The van der Waals surface area contributed by atoms with Crippen LogP contribution in [-0.4, -0.2) is 0 Å². The minimum Gasteiger partial charge on any atom is -0.193 e. The number of allylic oxidation sites excluding steroid dienone is 2. The molecule has 0 saturated heterocycles. The van der Waals surface area contributed by atoms with Crippen LogP contribution in [0.1, 0.15) is 68.4 Å². The molecule has 0 atom stereocenters. The van der Waals surface area contributed by atoms with Crippen LogP contribution >= 0.6 is 0 Å². The molecule has 2 saturated carbocycles. The number of rotatable bonds is 3. The van der Waals surface area contributed by atoms with E-state index >= 15 is 0 Å². The maximum absolute atomic E-state index is 8.65. The van der Waals surface area contributed by atoms with E-state index in [-0.39, 0.29) is 0 Å². The Kier molecular flexibility index (Phi) is 5.55. The highest BCUT2D eigenvalue weighted by molar-refractivity contribution is 5.24. The van der Waals surface area contributed by atoms with Gasteiger partial charge in [0.15, 0.2) is 0 Å². The number of nitriles is 1. The number of hydrogen-bond donors (Lipinski definition) is 0. The van der Waals surface area contributed by atoms with Gasteiger partial charge in [-0.1, -0.05) is 35.9 Å². The van der Waals surface area contributed by atoms with Crippen LogP contribution in [0.2, 0.25) is 0 Å². The number of benzene rings is 1. The summed E-state index contributed by atoms with van der Waals surface area (Å²) in [5, 5.41) is 8.65.